The second-order valence-corrected chi connectivity index (χ2v) is 7.47. The van der Waals surface area contributed by atoms with Gasteiger partial charge in [-0.1, -0.05) is 6.07 Å². The molecular weight excluding hydrogens is 356 g/mol. The third kappa shape index (κ3) is 4.36. The fourth-order valence-electron chi connectivity index (χ4n) is 3.76. The van der Waals surface area contributed by atoms with Crippen molar-refractivity contribution in [1.82, 2.24) is 14.9 Å². The van der Waals surface area contributed by atoms with Crippen molar-refractivity contribution in [3.05, 3.63) is 41.3 Å². The Hall–Kier alpha value is -2.38. The Kier molecular flexibility index (Phi) is 5.64. The van der Waals surface area contributed by atoms with Gasteiger partial charge in [-0.25, -0.2) is 9.97 Å². The topological polar surface area (TPSA) is 71.0 Å². The average molecular weight is 384 g/mol. The molecule has 150 valence electrons. The molecule has 0 aliphatic carbocycles. The Morgan fingerprint density at radius 2 is 1.75 bits per heavy atom. The lowest BCUT2D eigenvalue weighted by atomic mass is 10.1. The van der Waals surface area contributed by atoms with Crippen LogP contribution in [0.3, 0.4) is 0 Å². The SMILES string of the molecule is Cc1cc(N2CCN(C[C@H](O)c3ccc4c(c3)OCCCO4)CC2)nc(C)n1. The molecule has 1 aromatic heterocycles. The summed E-state index contributed by atoms with van der Waals surface area (Å²) in [5.41, 5.74) is 1.86. The summed E-state index contributed by atoms with van der Waals surface area (Å²) < 4.78 is 11.4. The number of ether oxygens (including phenoxy) is 2. The fraction of sp³-hybridized carbons (Fsp3) is 0.524. The van der Waals surface area contributed by atoms with E-state index in [1.807, 2.05) is 38.1 Å². The van der Waals surface area contributed by atoms with E-state index in [1.54, 1.807) is 0 Å². The summed E-state index contributed by atoms with van der Waals surface area (Å²) in [5, 5.41) is 10.7. The number of nitrogens with zero attached hydrogens (tertiary/aromatic N) is 4. The van der Waals surface area contributed by atoms with E-state index >= 15 is 0 Å². The molecule has 28 heavy (non-hydrogen) atoms. The van der Waals surface area contributed by atoms with E-state index in [4.69, 9.17) is 9.47 Å². The summed E-state index contributed by atoms with van der Waals surface area (Å²) in [5.74, 6) is 3.29. The van der Waals surface area contributed by atoms with Crippen molar-refractivity contribution in [2.24, 2.45) is 0 Å². The normalized spacial score (nSPS) is 18.6. The highest BCUT2D eigenvalue weighted by atomic mass is 16.5. The number of aryl methyl sites for hydroxylation is 2. The Bertz CT molecular complexity index is 801. The second kappa shape index (κ2) is 8.32. The van der Waals surface area contributed by atoms with Gasteiger partial charge in [0.05, 0.1) is 19.3 Å². The molecule has 3 heterocycles. The number of rotatable bonds is 4. The summed E-state index contributed by atoms with van der Waals surface area (Å²) in [6.07, 6.45) is 0.328. The van der Waals surface area contributed by atoms with Gasteiger partial charge in [-0.2, -0.15) is 0 Å². The van der Waals surface area contributed by atoms with Crippen molar-refractivity contribution < 1.29 is 14.6 Å². The van der Waals surface area contributed by atoms with Crippen molar-refractivity contribution in [2.45, 2.75) is 26.4 Å². The molecule has 2 aliphatic rings. The minimum atomic E-state index is -0.549. The Morgan fingerprint density at radius 1 is 1.00 bits per heavy atom. The van der Waals surface area contributed by atoms with Crippen LogP contribution in [-0.2, 0) is 0 Å². The second-order valence-electron chi connectivity index (χ2n) is 7.47. The molecule has 1 fully saturated rings. The average Bonchev–Trinajstić information content (AvgIpc) is 2.92. The summed E-state index contributed by atoms with van der Waals surface area (Å²) in [6.45, 7) is 9.43. The van der Waals surface area contributed by atoms with Gasteiger partial charge >= 0.3 is 0 Å². The van der Waals surface area contributed by atoms with Crippen LogP contribution in [0, 0.1) is 13.8 Å². The van der Waals surface area contributed by atoms with Crippen LogP contribution in [0.15, 0.2) is 24.3 Å². The molecule has 2 aromatic rings. The third-order valence-corrected chi connectivity index (χ3v) is 5.24. The van der Waals surface area contributed by atoms with E-state index in [0.717, 1.165) is 67.0 Å². The molecule has 0 amide bonds. The van der Waals surface area contributed by atoms with Crippen LogP contribution < -0.4 is 14.4 Å². The number of anilines is 1. The molecule has 7 heteroatoms. The quantitative estimate of drug-likeness (QED) is 0.866. The van der Waals surface area contributed by atoms with Crippen LogP contribution >= 0.6 is 0 Å². The van der Waals surface area contributed by atoms with Gasteiger partial charge in [0, 0.05) is 50.9 Å². The zero-order valence-electron chi connectivity index (χ0n) is 16.6. The van der Waals surface area contributed by atoms with E-state index in [1.165, 1.54) is 0 Å². The number of hydrogen-bond acceptors (Lipinski definition) is 7. The first-order chi connectivity index (χ1) is 13.6. The van der Waals surface area contributed by atoms with Crippen LogP contribution in [0.1, 0.15) is 29.6 Å². The van der Waals surface area contributed by atoms with Crippen LogP contribution in [0.2, 0.25) is 0 Å². The van der Waals surface area contributed by atoms with Gasteiger partial charge in [0.1, 0.15) is 11.6 Å². The molecule has 1 atom stereocenters. The molecule has 0 radical (unpaired) electrons. The molecule has 0 saturated carbocycles. The van der Waals surface area contributed by atoms with Crippen LogP contribution in [0.25, 0.3) is 0 Å². The van der Waals surface area contributed by atoms with Crippen molar-refractivity contribution in [3.63, 3.8) is 0 Å². The van der Waals surface area contributed by atoms with E-state index < -0.39 is 6.10 Å². The van der Waals surface area contributed by atoms with Crippen LogP contribution in [0.4, 0.5) is 5.82 Å². The maximum atomic E-state index is 10.7. The maximum Gasteiger partial charge on any atom is 0.161 e. The van der Waals surface area contributed by atoms with Gasteiger partial charge in [-0.05, 0) is 31.5 Å². The number of piperazine rings is 1. The summed E-state index contributed by atoms with van der Waals surface area (Å²) in [7, 11) is 0. The molecule has 4 rings (SSSR count). The number of fused-ring (bicyclic) bond motifs is 1. The number of benzene rings is 1. The summed E-state index contributed by atoms with van der Waals surface area (Å²) in [4.78, 5) is 13.5. The van der Waals surface area contributed by atoms with Gasteiger partial charge in [0.25, 0.3) is 0 Å². The van der Waals surface area contributed by atoms with Crippen molar-refractivity contribution >= 4 is 5.82 Å². The van der Waals surface area contributed by atoms with Crippen molar-refractivity contribution in [3.8, 4) is 11.5 Å². The predicted octanol–water partition coefficient (Wildman–Crippen LogP) is 2.11. The standard InChI is InChI=1S/C21H28N4O3/c1-15-12-21(23-16(2)22-15)25-8-6-24(7-9-25)14-18(26)17-4-5-19-20(13-17)28-11-3-10-27-19/h4-5,12-13,18,26H,3,6-11,14H2,1-2H3/t18-/m0/s1. The first kappa shape index (κ1) is 19.0. The number of aliphatic hydroxyl groups excluding tert-OH is 1. The van der Waals surface area contributed by atoms with E-state index in [9.17, 15) is 5.11 Å². The Labute approximate surface area is 165 Å². The first-order valence-electron chi connectivity index (χ1n) is 9.96. The number of aliphatic hydroxyl groups is 1. The van der Waals surface area contributed by atoms with E-state index in [-0.39, 0.29) is 0 Å². The van der Waals surface area contributed by atoms with Crippen molar-refractivity contribution in [2.75, 3.05) is 50.8 Å². The van der Waals surface area contributed by atoms with Crippen molar-refractivity contribution in [1.29, 1.82) is 0 Å². The number of β-amino-alcohol motifs (C(OH)–C–C–N with tert-alkyl or cyclic N) is 1. The molecule has 1 saturated heterocycles. The minimum absolute atomic E-state index is 0.549. The van der Waals surface area contributed by atoms with Gasteiger partial charge in [0.15, 0.2) is 11.5 Å². The summed E-state index contributed by atoms with van der Waals surface area (Å²) in [6, 6.07) is 7.78. The maximum absolute atomic E-state index is 10.7. The molecule has 1 aromatic carbocycles. The van der Waals surface area contributed by atoms with Crippen LogP contribution in [-0.4, -0.2) is 65.9 Å². The van der Waals surface area contributed by atoms with Gasteiger partial charge in [0.2, 0.25) is 0 Å². The van der Waals surface area contributed by atoms with Gasteiger partial charge < -0.3 is 19.5 Å². The zero-order valence-corrected chi connectivity index (χ0v) is 16.6. The minimum Gasteiger partial charge on any atom is -0.490 e. The highest BCUT2D eigenvalue weighted by Crippen LogP contribution is 2.32. The van der Waals surface area contributed by atoms with E-state index in [0.29, 0.717) is 19.8 Å². The highest BCUT2D eigenvalue weighted by Gasteiger charge is 2.22. The van der Waals surface area contributed by atoms with Gasteiger partial charge in [-0.3, -0.25) is 4.90 Å². The summed E-state index contributed by atoms with van der Waals surface area (Å²) >= 11 is 0. The fourth-order valence-corrected chi connectivity index (χ4v) is 3.76. The highest BCUT2D eigenvalue weighted by molar-refractivity contribution is 5.44. The first-order valence-corrected chi connectivity index (χ1v) is 9.96. The lowest BCUT2D eigenvalue weighted by Gasteiger charge is -2.36. The Balaban J connectivity index is 1.35. The Morgan fingerprint density at radius 3 is 2.50 bits per heavy atom. The van der Waals surface area contributed by atoms with E-state index in [2.05, 4.69) is 19.8 Å². The zero-order chi connectivity index (χ0) is 19.5. The predicted molar refractivity (Wildman–Crippen MR) is 107 cm³/mol. The lowest BCUT2D eigenvalue weighted by molar-refractivity contribution is 0.109. The monoisotopic (exact) mass is 384 g/mol. The van der Waals surface area contributed by atoms with Crippen LogP contribution in [0.5, 0.6) is 11.5 Å². The largest absolute Gasteiger partial charge is 0.490 e. The lowest BCUT2D eigenvalue weighted by Crippen LogP contribution is -2.47. The molecule has 2 aliphatic heterocycles. The van der Waals surface area contributed by atoms with Gasteiger partial charge in [-0.15, -0.1) is 0 Å². The molecular formula is C21H28N4O3. The molecule has 7 nitrogen and oxygen atoms in total. The molecule has 1 N–H and O–H groups in total. The molecule has 0 bridgehead atoms. The molecule has 0 unspecified atom stereocenters. The molecule has 0 spiro atoms. The smallest absolute Gasteiger partial charge is 0.161 e. The third-order valence-electron chi connectivity index (χ3n) is 5.24. The number of hydrogen-bond donors (Lipinski definition) is 1. The number of aromatic nitrogens is 2.